The van der Waals surface area contributed by atoms with E-state index in [0.29, 0.717) is 0 Å². The molecule has 0 heterocycles. The molecule has 116 valence electrons. The van der Waals surface area contributed by atoms with Crippen molar-refractivity contribution in [3.63, 3.8) is 0 Å². The van der Waals surface area contributed by atoms with Gasteiger partial charge < -0.3 is 5.32 Å². The Kier molecular flexibility index (Phi) is 5.67. The molecule has 2 rings (SSSR count). The normalized spacial score (nSPS) is 12.0. The van der Waals surface area contributed by atoms with Crippen molar-refractivity contribution in [2.45, 2.75) is 38.1 Å². The van der Waals surface area contributed by atoms with Crippen molar-refractivity contribution in [2.75, 3.05) is 6.26 Å². The average Bonchev–Trinajstić information content (AvgIpc) is 2.55. The molecular weight excluding hydrogens is 290 g/mol. The average molecular weight is 313 g/mol. The second-order valence-electron chi connectivity index (χ2n) is 5.47. The van der Waals surface area contributed by atoms with Crippen molar-refractivity contribution < 1.29 is 4.79 Å². The summed E-state index contributed by atoms with van der Waals surface area (Å²) in [7, 11) is 0. The molecule has 2 aromatic rings. The Balaban J connectivity index is 2.13. The van der Waals surface area contributed by atoms with Crippen LogP contribution < -0.4 is 5.32 Å². The monoisotopic (exact) mass is 313 g/mol. The Morgan fingerprint density at radius 3 is 2.45 bits per heavy atom. The van der Waals surface area contributed by atoms with Crippen LogP contribution in [-0.4, -0.2) is 12.2 Å². The molecule has 2 nitrogen and oxygen atoms in total. The summed E-state index contributed by atoms with van der Waals surface area (Å²) < 4.78 is 0. The lowest BCUT2D eigenvalue weighted by atomic mass is 10.0. The van der Waals surface area contributed by atoms with Gasteiger partial charge in [-0.25, -0.2) is 0 Å². The van der Waals surface area contributed by atoms with Crippen LogP contribution in [0.4, 0.5) is 0 Å². The second-order valence-corrected chi connectivity index (χ2v) is 6.35. The first kappa shape index (κ1) is 16.6. The number of hydrogen-bond donors (Lipinski definition) is 1. The fraction of sp³-hybridized carbons (Fsp3) is 0.316. The zero-order valence-corrected chi connectivity index (χ0v) is 14.5. The van der Waals surface area contributed by atoms with Gasteiger partial charge in [0, 0.05) is 10.5 Å². The van der Waals surface area contributed by atoms with Crippen LogP contribution in [0.1, 0.15) is 46.9 Å². The summed E-state index contributed by atoms with van der Waals surface area (Å²) in [5.74, 6) is -0.0135. The highest BCUT2D eigenvalue weighted by Crippen LogP contribution is 2.20. The maximum absolute atomic E-state index is 12.5. The van der Waals surface area contributed by atoms with Gasteiger partial charge in [-0.3, -0.25) is 4.79 Å². The Labute approximate surface area is 137 Å². The first-order valence-corrected chi connectivity index (χ1v) is 8.82. The maximum atomic E-state index is 12.5. The van der Waals surface area contributed by atoms with E-state index >= 15 is 0 Å². The SMILES string of the molecule is CCc1ccc(C(C)NC(=O)c2cc(SC)ccc2C)cc1. The van der Waals surface area contributed by atoms with Crippen molar-refractivity contribution in [1.29, 1.82) is 0 Å². The molecule has 1 amide bonds. The number of nitrogens with one attached hydrogen (secondary N) is 1. The summed E-state index contributed by atoms with van der Waals surface area (Å²) >= 11 is 1.65. The van der Waals surface area contributed by atoms with E-state index in [1.165, 1.54) is 5.56 Å². The molecule has 22 heavy (non-hydrogen) atoms. The quantitative estimate of drug-likeness (QED) is 0.806. The first-order chi connectivity index (χ1) is 10.5. The minimum Gasteiger partial charge on any atom is -0.346 e. The summed E-state index contributed by atoms with van der Waals surface area (Å²) in [5, 5.41) is 3.09. The fourth-order valence-corrected chi connectivity index (χ4v) is 2.81. The van der Waals surface area contributed by atoms with E-state index in [4.69, 9.17) is 0 Å². The molecule has 0 radical (unpaired) electrons. The van der Waals surface area contributed by atoms with Gasteiger partial charge >= 0.3 is 0 Å². The van der Waals surface area contributed by atoms with Crippen LogP contribution in [0.25, 0.3) is 0 Å². The van der Waals surface area contributed by atoms with Crippen LogP contribution >= 0.6 is 11.8 Å². The van der Waals surface area contributed by atoms with Gasteiger partial charge in [0.1, 0.15) is 0 Å². The highest BCUT2D eigenvalue weighted by Gasteiger charge is 2.14. The van der Waals surface area contributed by atoms with Crippen LogP contribution in [-0.2, 0) is 6.42 Å². The molecule has 1 unspecified atom stereocenters. The zero-order chi connectivity index (χ0) is 16.1. The molecule has 1 atom stereocenters. The standard InChI is InChI=1S/C19H23NOS/c1-5-15-7-9-16(10-8-15)14(3)20-19(21)18-12-17(22-4)11-6-13(18)2/h6-12,14H,5H2,1-4H3,(H,20,21). The number of thioether (sulfide) groups is 1. The van der Waals surface area contributed by atoms with Gasteiger partial charge in [0.15, 0.2) is 0 Å². The fourth-order valence-electron chi connectivity index (χ4n) is 2.37. The number of hydrogen-bond acceptors (Lipinski definition) is 2. The Morgan fingerprint density at radius 1 is 1.18 bits per heavy atom. The molecule has 0 aromatic heterocycles. The van der Waals surface area contributed by atoms with Gasteiger partial charge in [0.2, 0.25) is 0 Å². The second kappa shape index (κ2) is 7.50. The third kappa shape index (κ3) is 3.92. The number of aryl methyl sites for hydroxylation is 2. The van der Waals surface area contributed by atoms with E-state index in [2.05, 4.69) is 36.5 Å². The molecule has 0 saturated heterocycles. The first-order valence-electron chi connectivity index (χ1n) is 7.59. The summed E-state index contributed by atoms with van der Waals surface area (Å²) in [4.78, 5) is 13.6. The van der Waals surface area contributed by atoms with Crippen molar-refractivity contribution in [3.05, 3.63) is 64.7 Å². The van der Waals surface area contributed by atoms with Crippen molar-refractivity contribution in [2.24, 2.45) is 0 Å². The summed E-state index contributed by atoms with van der Waals surface area (Å²) in [6, 6.07) is 14.4. The Hall–Kier alpha value is -1.74. The number of carbonyl (C=O) groups is 1. The zero-order valence-electron chi connectivity index (χ0n) is 13.6. The molecule has 1 N–H and O–H groups in total. The van der Waals surface area contributed by atoms with Crippen LogP contribution in [0.2, 0.25) is 0 Å². The molecule has 0 fully saturated rings. The molecule has 0 spiro atoms. The van der Waals surface area contributed by atoms with Gasteiger partial charge in [-0.1, -0.05) is 37.3 Å². The molecule has 0 aliphatic rings. The largest absolute Gasteiger partial charge is 0.346 e. The number of amides is 1. The summed E-state index contributed by atoms with van der Waals surface area (Å²) in [6.45, 7) is 6.13. The lowest BCUT2D eigenvalue weighted by Gasteiger charge is -2.16. The van der Waals surface area contributed by atoms with Crippen molar-refractivity contribution in [1.82, 2.24) is 5.32 Å². The smallest absolute Gasteiger partial charge is 0.252 e. The summed E-state index contributed by atoms with van der Waals surface area (Å²) in [6.07, 6.45) is 3.05. The van der Waals surface area contributed by atoms with Crippen molar-refractivity contribution in [3.8, 4) is 0 Å². The minimum atomic E-state index is -0.0135. The Bertz CT molecular complexity index is 649. The molecule has 0 bridgehead atoms. The van der Waals surface area contributed by atoms with Gasteiger partial charge in [0.25, 0.3) is 5.91 Å². The van der Waals surface area contributed by atoms with Crippen LogP contribution in [0.5, 0.6) is 0 Å². The van der Waals surface area contributed by atoms with E-state index in [-0.39, 0.29) is 11.9 Å². The molecular formula is C19H23NOS. The number of carbonyl (C=O) groups excluding carboxylic acids is 1. The third-order valence-corrected chi connectivity index (χ3v) is 4.65. The summed E-state index contributed by atoms with van der Waals surface area (Å²) in [5.41, 5.74) is 4.20. The highest BCUT2D eigenvalue weighted by atomic mass is 32.2. The number of benzene rings is 2. The highest BCUT2D eigenvalue weighted by molar-refractivity contribution is 7.98. The van der Waals surface area contributed by atoms with Crippen molar-refractivity contribution >= 4 is 17.7 Å². The molecule has 0 aliphatic carbocycles. The lowest BCUT2D eigenvalue weighted by Crippen LogP contribution is -2.27. The van der Waals surface area contributed by atoms with E-state index in [1.807, 2.05) is 38.3 Å². The molecule has 0 aliphatic heterocycles. The van der Waals surface area contributed by atoms with Crippen LogP contribution in [0, 0.1) is 6.92 Å². The van der Waals surface area contributed by atoms with Gasteiger partial charge in [-0.15, -0.1) is 11.8 Å². The topological polar surface area (TPSA) is 29.1 Å². The predicted molar refractivity (Wildman–Crippen MR) is 94.7 cm³/mol. The molecule has 3 heteroatoms. The minimum absolute atomic E-state index is 0.00394. The van der Waals surface area contributed by atoms with E-state index in [0.717, 1.165) is 28.0 Å². The van der Waals surface area contributed by atoms with E-state index in [9.17, 15) is 4.79 Å². The predicted octanol–water partition coefficient (Wildman–Crippen LogP) is 4.77. The van der Waals surface area contributed by atoms with Gasteiger partial charge in [-0.05, 0) is 55.3 Å². The third-order valence-electron chi connectivity index (χ3n) is 3.92. The number of rotatable bonds is 5. The van der Waals surface area contributed by atoms with E-state index in [1.54, 1.807) is 11.8 Å². The lowest BCUT2D eigenvalue weighted by molar-refractivity contribution is 0.0939. The van der Waals surface area contributed by atoms with Crippen LogP contribution in [0.15, 0.2) is 47.4 Å². The van der Waals surface area contributed by atoms with Crippen LogP contribution in [0.3, 0.4) is 0 Å². The van der Waals surface area contributed by atoms with E-state index < -0.39 is 0 Å². The maximum Gasteiger partial charge on any atom is 0.252 e. The Morgan fingerprint density at radius 2 is 1.86 bits per heavy atom. The molecule has 2 aromatic carbocycles. The van der Waals surface area contributed by atoms with Gasteiger partial charge in [0.05, 0.1) is 6.04 Å². The van der Waals surface area contributed by atoms with Gasteiger partial charge in [-0.2, -0.15) is 0 Å². The molecule has 0 saturated carbocycles.